The summed E-state index contributed by atoms with van der Waals surface area (Å²) >= 11 is 1.31. The first-order valence-electron chi connectivity index (χ1n) is 9.86. The minimum atomic E-state index is -0.811. The number of hydrogen-bond donors (Lipinski definition) is 1. The van der Waals surface area contributed by atoms with E-state index < -0.39 is 5.54 Å². The highest BCUT2D eigenvalue weighted by Crippen LogP contribution is 2.32. The molecule has 0 atom stereocenters. The number of carbonyl (C=O) groups excluding carboxylic acids is 3. The van der Waals surface area contributed by atoms with Crippen molar-refractivity contribution in [2.24, 2.45) is 0 Å². The first-order chi connectivity index (χ1) is 13.9. The van der Waals surface area contributed by atoms with Crippen LogP contribution >= 0.6 is 11.3 Å². The number of para-hydroxylation sites is 1. The van der Waals surface area contributed by atoms with Gasteiger partial charge in [-0.25, -0.2) is 9.78 Å². The van der Waals surface area contributed by atoms with E-state index in [1.807, 2.05) is 44.2 Å². The van der Waals surface area contributed by atoms with Gasteiger partial charge in [0.15, 0.2) is 5.13 Å². The van der Waals surface area contributed by atoms with Crippen LogP contribution in [0.5, 0.6) is 0 Å². The fraction of sp³-hybridized carbons (Fsp3) is 0.429. The third-order valence-electron chi connectivity index (χ3n) is 4.98. The molecule has 8 heteroatoms. The van der Waals surface area contributed by atoms with E-state index in [-0.39, 0.29) is 24.4 Å². The number of benzene rings is 1. The summed E-state index contributed by atoms with van der Waals surface area (Å²) in [7, 11) is 0. The van der Waals surface area contributed by atoms with E-state index in [1.54, 1.807) is 5.38 Å². The minimum Gasteiger partial charge on any atom is -0.323 e. The Morgan fingerprint density at radius 1 is 1.17 bits per heavy atom. The highest BCUT2D eigenvalue weighted by molar-refractivity contribution is 7.14. The maximum absolute atomic E-state index is 13.0. The van der Waals surface area contributed by atoms with E-state index in [2.05, 4.69) is 10.3 Å². The van der Waals surface area contributed by atoms with Crippen LogP contribution in [-0.4, -0.2) is 33.3 Å². The molecule has 1 aliphatic rings. The summed E-state index contributed by atoms with van der Waals surface area (Å²) in [5.74, 6) is -0.343. The molecule has 1 aromatic carbocycles. The summed E-state index contributed by atoms with van der Waals surface area (Å²) in [4.78, 5) is 45.1. The summed E-state index contributed by atoms with van der Waals surface area (Å²) in [5, 5.41) is 5.21. The highest BCUT2D eigenvalue weighted by Gasteiger charge is 2.49. The van der Waals surface area contributed by atoms with Gasteiger partial charge in [-0.15, -0.1) is 11.3 Å². The van der Waals surface area contributed by atoms with Crippen LogP contribution in [-0.2, 0) is 16.1 Å². The number of rotatable bonds is 8. The predicted molar refractivity (Wildman–Crippen MR) is 113 cm³/mol. The lowest BCUT2D eigenvalue weighted by atomic mass is 9.88. The molecule has 29 heavy (non-hydrogen) atoms. The van der Waals surface area contributed by atoms with Crippen molar-refractivity contribution in [3.8, 4) is 0 Å². The van der Waals surface area contributed by atoms with Gasteiger partial charge in [-0.2, -0.15) is 0 Å². The van der Waals surface area contributed by atoms with Gasteiger partial charge in [0, 0.05) is 12.3 Å². The van der Waals surface area contributed by atoms with Crippen molar-refractivity contribution < 1.29 is 14.4 Å². The van der Waals surface area contributed by atoms with Crippen LogP contribution in [0.2, 0.25) is 0 Å². The van der Waals surface area contributed by atoms with Crippen molar-refractivity contribution in [1.29, 1.82) is 0 Å². The zero-order valence-corrected chi connectivity index (χ0v) is 17.8. The topological polar surface area (TPSA) is 82.6 Å². The molecule has 0 saturated carbocycles. The molecule has 154 valence electrons. The molecule has 0 radical (unpaired) electrons. The minimum absolute atomic E-state index is 0.0941. The summed E-state index contributed by atoms with van der Waals surface area (Å²) in [5.41, 5.74) is 0.495. The fourth-order valence-corrected chi connectivity index (χ4v) is 4.65. The number of hydrogen-bond acceptors (Lipinski definition) is 5. The van der Waals surface area contributed by atoms with Crippen LogP contribution in [0.3, 0.4) is 0 Å². The Morgan fingerprint density at radius 3 is 2.41 bits per heavy atom. The Morgan fingerprint density at radius 2 is 1.83 bits per heavy atom. The van der Waals surface area contributed by atoms with Gasteiger partial charge in [0.05, 0.1) is 17.9 Å². The molecule has 0 bridgehead atoms. The smallest absolute Gasteiger partial charge is 0.323 e. The molecule has 3 rings (SSSR count). The third-order valence-corrected chi connectivity index (χ3v) is 5.85. The second kappa shape index (κ2) is 8.73. The second-order valence-corrected chi connectivity index (χ2v) is 8.05. The van der Waals surface area contributed by atoms with E-state index in [0.29, 0.717) is 23.7 Å². The SMILES string of the molecule is CCCC1(CCC)NC(=O)N(Cc2csc(N(C(C)=O)c3ccccc3)n2)C1=O. The van der Waals surface area contributed by atoms with E-state index in [9.17, 15) is 14.4 Å². The monoisotopic (exact) mass is 414 g/mol. The molecule has 2 heterocycles. The lowest BCUT2D eigenvalue weighted by Gasteiger charge is -2.25. The predicted octanol–water partition coefficient (Wildman–Crippen LogP) is 4.22. The maximum atomic E-state index is 13.0. The molecule has 1 fully saturated rings. The molecule has 1 N–H and O–H groups in total. The van der Waals surface area contributed by atoms with Crippen LogP contribution in [0.15, 0.2) is 35.7 Å². The number of nitrogens with one attached hydrogen (secondary N) is 1. The number of thiazole rings is 1. The number of urea groups is 1. The number of nitrogens with zero attached hydrogens (tertiary/aromatic N) is 3. The normalized spacial score (nSPS) is 15.5. The average Bonchev–Trinajstić information content (AvgIpc) is 3.22. The van der Waals surface area contributed by atoms with Gasteiger partial charge in [-0.05, 0) is 25.0 Å². The molecule has 0 unspecified atom stereocenters. The van der Waals surface area contributed by atoms with Crippen molar-refractivity contribution in [2.45, 2.75) is 58.5 Å². The molecule has 7 nitrogen and oxygen atoms in total. The van der Waals surface area contributed by atoms with Crippen LogP contribution < -0.4 is 10.2 Å². The quantitative estimate of drug-likeness (QED) is 0.656. The summed E-state index contributed by atoms with van der Waals surface area (Å²) in [6.07, 6.45) is 2.86. The molecule has 4 amide bonds. The number of carbonyl (C=O) groups is 3. The Labute approximate surface area is 174 Å². The Hall–Kier alpha value is -2.74. The fourth-order valence-electron chi connectivity index (χ4n) is 3.77. The first kappa shape index (κ1) is 21.0. The van der Waals surface area contributed by atoms with Gasteiger partial charge in [-0.3, -0.25) is 19.4 Å². The number of imide groups is 1. The molecule has 0 aliphatic carbocycles. The number of anilines is 2. The van der Waals surface area contributed by atoms with E-state index in [0.717, 1.165) is 18.5 Å². The average molecular weight is 415 g/mol. The van der Waals surface area contributed by atoms with E-state index >= 15 is 0 Å². The van der Waals surface area contributed by atoms with Gasteiger partial charge in [-0.1, -0.05) is 44.9 Å². The first-order valence-corrected chi connectivity index (χ1v) is 10.7. The van der Waals surface area contributed by atoms with Crippen molar-refractivity contribution in [3.05, 3.63) is 41.4 Å². The van der Waals surface area contributed by atoms with Crippen molar-refractivity contribution >= 4 is 40.0 Å². The van der Waals surface area contributed by atoms with Gasteiger partial charge in [0.1, 0.15) is 5.54 Å². The van der Waals surface area contributed by atoms with Crippen LogP contribution in [0.4, 0.5) is 15.6 Å². The van der Waals surface area contributed by atoms with Crippen molar-refractivity contribution in [2.75, 3.05) is 4.90 Å². The molecule has 0 spiro atoms. The molecule has 1 aromatic heterocycles. The Bertz CT molecular complexity index is 890. The van der Waals surface area contributed by atoms with Gasteiger partial charge in [0.25, 0.3) is 5.91 Å². The largest absolute Gasteiger partial charge is 0.325 e. The lowest BCUT2D eigenvalue weighted by molar-refractivity contribution is -0.132. The van der Waals surface area contributed by atoms with E-state index in [4.69, 9.17) is 0 Å². The Kier molecular flexibility index (Phi) is 6.32. The van der Waals surface area contributed by atoms with Crippen LogP contribution in [0.25, 0.3) is 0 Å². The third kappa shape index (κ3) is 4.17. The molecular weight excluding hydrogens is 388 g/mol. The van der Waals surface area contributed by atoms with Crippen LogP contribution in [0.1, 0.15) is 52.1 Å². The van der Waals surface area contributed by atoms with E-state index in [1.165, 1.54) is 28.1 Å². The van der Waals surface area contributed by atoms with Crippen molar-refractivity contribution in [1.82, 2.24) is 15.2 Å². The lowest BCUT2D eigenvalue weighted by Crippen LogP contribution is -2.46. The molecule has 2 aromatic rings. The number of aromatic nitrogens is 1. The highest BCUT2D eigenvalue weighted by atomic mass is 32.1. The Balaban J connectivity index is 1.82. The van der Waals surface area contributed by atoms with Gasteiger partial charge < -0.3 is 5.32 Å². The zero-order valence-electron chi connectivity index (χ0n) is 17.0. The molecule has 1 aliphatic heterocycles. The second-order valence-electron chi connectivity index (χ2n) is 7.21. The molecule has 1 saturated heterocycles. The van der Waals surface area contributed by atoms with Gasteiger partial charge >= 0.3 is 6.03 Å². The maximum Gasteiger partial charge on any atom is 0.325 e. The summed E-state index contributed by atoms with van der Waals surface area (Å²) in [6.45, 7) is 5.59. The van der Waals surface area contributed by atoms with Crippen LogP contribution in [0, 0.1) is 0 Å². The van der Waals surface area contributed by atoms with Gasteiger partial charge in [0.2, 0.25) is 5.91 Å². The summed E-state index contributed by atoms with van der Waals surface area (Å²) in [6, 6.07) is 8.89. The van der Waals surface area contributed by atoms with Crippen molar-refractivity contribution in [3.63, 3.8) is 0 Å². The standard InChI is InChI=1S/C21H26N4O3S/c1-4-11-21(12-5-2)18(27)24(19(28)23-21)13-16-14-29-20(22-16)25(15(3)26)17-9-7-6-8-10-17/h6-10,14H,4-5,11-13H2,1-3H3,(H,23,28). The summed E-state index contributed by atoms with van der Waals surface area (Å²) < 4.78 is 0. The zero-order chi connectivity index (χ0) is 21.0. The molecular formula is C21H26N4O3S. The number of amides is 4.